The number of ether oxygens (including phenoxy) is 11. The van der Waals surface area contributed by atoms with Gasteiger partial charge in [0.15, 0.2) is 0 Å². The van der Waals surface area contributed by atoms with Crippen LogP contribution in [0.1, 0.15) is 19.8 Å². The highest BCUT2D eigenvalue weighted by molar-refractivity contribution is 14.1. The molecule has 12 nitrogen and oxygen atoms in total. The van der Waals surface area contributed by atoms with Gasteiger partial charge in [0.05, 0.1) is 132 Å². The van der Waals surface area contributed by atoms with Gasteiger partial charge in [0.1, 0.15) is 6.61 Å². The van der Waals surface area contributed by atoms with E-state index in [9.17, 15) is 4.79 Å². The minimum Gasteiger partial charge on any atom is -0.463 e. The second-order valence-electron chi connectivity index (χ2n) is 7.78. The highest BCUT2D eigenvalue weighted by atomic mass is 127. The topological polar surface area (TPSA) is 119 Å². The zero-order valence-corrected chi connectivity index (χ0v) is 25.9. The first-order valence-electron chi connectivity index (χ1n) is 13.8. The molecular weight excluding hydrogens is 631 g/mol. The van der Waals surface area contributed by atoms with Crippen molar-refractivity contribution in [1.82, 2.24) is 0 Å². The number of carbonyl (C=O) groups is 1. The highest BCUT2D eigenvalue weighted by Gasteiger charge is 2.00. The summed E-state index contributed by atoms with van der Waals surface area (Å²) < 4.78 is 60.1. The maximum absolute atomic E-state index is 11.2. The molecule has 0 radical (unpaired) electrons. The van der Waals surface area contributed by atoms with Crippen LogP contribution in [-0.2, 0) is 56.9 Å². The summed E-state index contributed by atoms with van der Waals surface area (Å²) in [5, 5.41) is 0. The van der Waals surface area contributed by atoms with Crippen LogP contribution in [-0.4, -0.2) is 149 Å². The van der Waals surface area contributed by atoms with Gasteiger partial charge in [0.2, 0.25) is 0 Å². The van der Waals surface area contributed by atoms with Crippen LogP contribution in [0.2, 0.25) is 0 Å². The summed E-state index contributed by atoms with van der Waals surface area (Å²) in [4.78, 5) is 11.2. The Labute approximate surface area is 248 Å². The summed E-state index contributed by atoms with van der Waals surface area (Å²) in [6.45, 7) is 12.7. The fraction of sp³-hybridized carbons (Fsp3) is 0.962. The third kappa shape index (κ3) is 35.8. The number of hydrogen-bond donors (Lipinski definition) is 0. The zero-order valence-electron chi connectivity index (χ0n) is 23.7. The molecule has 0 saturated carbocycles. The smallest absolute Gasteiger partial charge is 0.305 e. The lowest BCUT2D eigenvalue weighted by Gasteiger charge is -2.09. The molecule has 0 aromatic heterocycles. The lowest BCUT2D eigenvalue weighted by atomic mass is 10.3. The molecule has 0 aromatic rings. The summed E-state index contributed by atoms with van der Waals surface area (Å²) >= 11 is 2.27. The quantitative estimate of drug-likeness (QED) is 0.0427. The second kappa shape index (κ2) is 35.8. The molecule has 0 unspecified atom stereocenters. The fourth-order valence-corrected chi connectivity index (χ4v) is 2.94. The van der Waals surface area contributed by atoms with E-state index in [4.69, 9.17) is 52.1 Å². The molecule has 0 rings (SSSR count). The van der Waals surface area contributed by atoms with Gasteiger partial charge in [-0.2, -0.15) is 0 Å². The van der Waals surface area contributed by atoms with E-state index < -0.39 is 0 Å². The molecule has 234 valence electrons. The Morgan fingerprint density at radius 2 is 0.641 bits per heavy atom. The van der Waals surface area contributed by atoms with Crippen molar-refractivity contribution in [2.75, 3.05) is 143 Å². The molecular formula is C26H51IO12. The molecule has 0 aromatic carbocycles. The van der Waals surface area contributed by atoms with Crippen molar-refractivity contribution < 1.29 is 56.9 Å². The van der Waals surface area contributed by atoms with E-state index in [1.54, 1.807) is 0 Å². The first-order chi connectivity index (χ1) is 19.3. The summed E-state index contributed by atoms with van der Waals surface area (Å²) in [5.74, 6) is -0.186. The molecule has 0 aliphatic rings. The van der Waals surface area contributed by atoms with Crippen LogP contribution in [0.25, 0.3) is 0 Å². The Balaban J connectivity index is 3.04. The summed E-state index contributed by atoms with van der Waals surface area (Å²) in [6.07, 6.45) is 1.23. The Hall–Kier alpha value is -0.200. The van der Waals surface area contributed by atoms with Crippen LogP contribution in [0.3, 0.4) is 0 Å². The maximum atomic E-state index is 11.2. The predicted molar refractivity (Wildman–Crippen MR) is 153 cm³/mol. The summed E-state index contributed by atoms with van der Waals surface area (Å²) in [6, 6.07) is 0. The molecule has 0 fully saturated rings. The predicted octanol–water partition coefficient (Wildman–Crippen LogP) is 1.93. The number of hydrogen-bond acceptors (Lipinski definition) is 12. The molecule has 0 amide bonds. The van der Waals surface area contributed by atoms with Crippen molar-refractivity contribution in [2.24, 2.45) is 0 Å². The van der Waals surface area contributed by atoms with E-state index in [2.05, 4.69) is 22.6 Å². The van der Waals surface area contributed by atoms with Crippen LogP contribution in [0.15, 0.2) is 0 Å². The summed E-state index contributed by atoms with van der Waals surface area (Å²) in [5.41, 5.74) is 0. The Morgan fingerprint density at radius 1 is 0.410 bits per heavy atom. The van der Waals surface area contributed by atoms with Crippen molar-refractivity contribution in [3.63, 3.8) is 0 Å². The number of alkyl halides is 1. The van der Waals surface area contributed by atoms with Crippen molar-refractivity contribution >= 4 is 28.6 Å². The van der Waals surface area contributed by atoms with Crippen LogP contribution < -0.4 is 0 Å². The molecule has 0 bridgehead atoms. The molecule has 39 heavy (non-hydrogen) atoms. The van der Waals surface area contributed by atoms with Gasteiger partial charge in [0, 0.05) is 10.8 Å². The van der Waals surface area contributed by atoms with E-state index in [1.807, 2.05) is 6.92 Å². The number of carbonyl (C=O) groups excluding carboxylic acids is 1. The van der Waals surface area contributed by atoms with Gasteiger partial charge in [-0.25, -0.2) is 0 Å². The van der Waals surface area contributed by atoms with Gasteiger partial charge >= 0.3 is 5.97 Å². The molecule has 13 heteroatoms. The van der Waals surface area contributed by atoms with Gasteiger partial charge in [-0.05, 0) is 6.42 Å². The third-order valence-corrected chi connectivity index (χ3v) is 4.95. The van der Waals surface area contributed by atoms with Gasteiger partial charge in [0.25, 0.3) is 0 Å². The number of esters is 1. The standard InChI is InChI=1S/C26H51IO12/c1-2-3-26(28)39-25-24-38-23-22-37-21-20-36-19-18-35-17-16-34-15-14-33-13-12-32-11-10-31-9-8-30-7-6-29-5-4-27/h2-25H2,1H3. The van der Waals surface area contributed by atoms with Crippen molar-refractivity contribution in [3.05, 3.63) is 0 Å². The monoisotopic (exact) mass is 682 g/mol. The summed E-state index contributed by atoms with van der Waals surface area (Å²) in [7, 11) is 0. The lowest BCUT2D eigenvalue weighted by molar-refractivity contribution is -0.145. The Bertz CT molecular complexity index is 476. The average Bonchev–Trinajstić information content (AvgIpc) is 2.94. The lowest BCUT2D eigenvalue weighted by Crippen LogP contribution is -2.15. The Morgan fingerprint density at radius 3 is 0.872 bits per heavy atom. The minimum absolute atomic E-state index is 0.186. The van der Waals surface area contributed by atoms with Crippen molar-refractivity contribution in [2.45, 2.75) is 19.8 Å². The molecule has 0 atom stereocenters. The average molecular weight is 683 g/mol. The SMILES string of the molecule is CCCC(=O)OCCOCCOCCOCCOCCOCCOCCOCCOCCOCCOCCI. The molecule has 0 heterocycles. The zero-order chi connectivity index (χ0) is 28.3. The van der Waals surface area contributed by atoms with Gasteiger partial charge in [-0.15, -0.1) is 0 Å². The van der Waals surface area contributed by atoms with Crippen LogP contribution >= 0.6 is 22.6 Å². The van der Waals surface area contributed by atoms with Crippen molar-refractivity contribution in [1.29, 1.82) is 0 Å². The van der Waals surface area contributed by atoms with Gasteiger partial charge < -0.3 is 52.1 Å². The van der Waals surface area contributed by atoms with Crippen LogP contribution in [0.4, 0.5) is 0 Å². The first-order valence-corrected chi connectivity index (χ1v) is 15.3. The third-order valence-electron chi connectivity index (χ3n) is 4.51. The normalized spacial score (nSPS) is 11.3. The van der Waals surface area contributed by atoms with E-state index in [0.29, 0.717) is 132 Å². The molecule has 0 saturated heterocycles. The molecule has 0 N–H and O–H groups in total. The maximum Gasteiger partial charge on any atom is 0.305 e. The van der Waals surface area contributed by atoms with Crippen LogP contribution in [0.5, 0.6) is 0 Å². The molecule has 0 aliphatic carbocycles. The molecule has 0 spiro atoms. The van der Waals surface area contributed by atoms with Gasteiger partial charge in [-0.3, -0.25) is 4.79 Å². The molecule has 0 aliphatic heterocycles. The van der Waals surface area contributed by atoms with Gasteiger partial charge in [-0.1, -0.05) is 29.5 Å². The van der Waals surface area contributed by atoms with Crippen LogP contribution in [0, 0.1) is 0 Å². The number of halogens is 1. The second-order valence-corrected chi connectivity index (χ2v) is 8.86. The van der Waals surface area contributed by atoms with E-state index >= 15 is 0 Å². The minimum atomic E-state index is -0.186. The first kappa shape index (κ1) is 38.8. The Kier molecular flexibility index (Phi) is 35.6. The van der Waals surface area contributed by atoms with E-state index in [-0.39, 0.29) is 12.6 Å². The van der Waals surface area contributed by atoms with Crippen molar-refractivity contribution in [3.8, 4) is 0 Å². The largest absolute Gasteiger partial charge is 0.463 e. The highest BCUT2D eigenvalue weighted by Crippen LogP contribution is 1.91. The fourth-order valence-electron chi connectivity index (χ4n) is 2.63. The van der Waals surface area contributed by atoms with E-state index in [1.165, 1.54) is 0 Å². The van der Waals surface area contributed by atoms with E-state index in [0.717, 1.165) is 17.5 Å². The number of rotatable bonds is 34.